The van der Waals surface area contributed by atoms with E-state index >= 15 is 0 Å². The Morgan fingerprint density at radius 1 is 1.40 bits per heavy atom. The van der Waals surface area contributed by atoms with E-state index in [4.69, 9.17) is 18.0 Å². The molecule has 1 atom stereocenters. The van der Waals surface area contributed by atoms with E-state index in [0.29, 0.717) is 5.69 Å². The quantitative estimate of drug-likeness (QED) is 0.821. The van der Waals surface area contributed by atoms with Crippen molar-refractivity contribution < 1.29 is 13.2 Å². The average molecular weight is 305 g/mol. The van der Waals surface area contributed by atoms with Gasteiger partial charge in [0.1, 0.15) is 4.99 Å². The fourth-order valence-corrected chi connectivity index (χ4v) is 2.13. The van der Waals surface area contributed by atoms with Crippen LogP contribution < -0.4 is 11.1 Å². The van der Waals surface area contributed by atoms with Crippen molar-refractivity contribution in [1.82, 2.24) is 4.90 Å². The topological polar surface area (TPSA) is 41.3 Å². The smallest absolute Gasteiger partial charge is 0.389 e. The molecule has 0 aliphatic carbocycles. The number of rotatable bonds is 5. The van der Waals surface area contributed by atoms with Crippen LogP contribution in [0.15, 0.2) is 18.2 Å². The molecule has 0 amide bonds. The highest BCUT2D eigenvalue weighted by atomic mass is 32.1. The molecule has 0 aliphatic rings. The van der Waals surface area contributed by atoms with Crippen molar-refractivity contribution in [3.63, 3.8) is 0 Å². The molecular weight excluding hydrogens is 287 g/mol. The van der Waals surface area contributed by atoms with E-state index in [-0.39, 0.29) is 16.6 Å². The van der Waals surface area contributed by atoms with Gasteiger partial charge in [0.05, 0.1) is 5.56 Å². The summed E-state index contributed by atoms with van der Waals surface area (Å²) in [6, 6.07) is 3.81. The largest absolute Gasteiger partial charge is 0.417 e. The number of nitrogens with one attached hydrogen (secondary N) is 1. The fourth-order valence-electron chi connectivity index (χ4n) is 1.96. The normalized spacial score (nSPS) is 13.3. The number of nitrogens with zero attached hydrogens (tertiary/aromatic N) is 1. The molecule has 0 heterocycles. The fraction of sp³-hybridized carbons (Fsp3) is 0.462. The van der Waals surface area contributed by atoms with Gasteiger partial charge in [-0.2, -0.15) is 13.2 Å². The summed E-state index contributed by atoms with van der Waals surface area (Å²) in [6.07, 6.45) is -4.47. The van der Waals surface area contributed by atoms with Gasteiger partial charge in [-0.15, -0.1) is 0 Å². The van der Waals surface area contributed by atoms with Crippen LogP contribution in [0.3, 0.4) is 0 Å². The van der Waals surface area contributed by atoms with E-state index in [0.717, 1.165) is 12.6 Å². The van der Waals surface area contributed by atoms with Crippen molar-refractivity contribution in [3.05, 3.63) is 29.3 Å². The van der Waals surface area contributed by atoms with Crippen molar-refractivity contribution in [2.45, 2.75) is 19.1 Å². The summed E-state index contributed by atoms with van der Waals surface area (Å²) in [7, 11) is 3.84. The van der Waals surface area contributed by atoms with Crippen LogP contribution in [0.1, 0.15) is 18.1 Å². The van der Waals surface area contributed by atoms with Gasteiger partial charge in [-0.1, -0.05) is 12.2 Å². The molecule has 1 aromatic carbocycles. The van der Waals surface area contributed by atoms with Crippen LogP contribution in [0, 0.1) is 0 Å². The monoisotopic (exact) mass is 305 g/mol. The first-order chi connectivity index (χ1) is 9.11. The molecule has 0 radical (unpaired) electrons. The van der Waals surface area contributed by atoms with Crippen LogP contribution in [0.5, 0.6) is 0 Å². The number of halogens is 3. The molecule has 7 heteroatoms. The minimum Gasteiger partial charge on any atom is -0.389 e. The van der Waals surface area contributed by atoms with Gasteiger partial charge in [0.25, 0.3) is 0 Å². The Labute approximate surface area is 121 Å². The number of hydrogen-bond donors (Lipinski definition) is 2. The van der Waals surface area contributed by atoms with Gasteiger partial charge in [-0.3, -0.25) is 0 Å². The Kier molecular flexibility index (Phi) is 5.35. The second-order valence-electron chi connectivity index (χ2n) is 4.93. The lowest BCUT2D eigenvalue weighted by Gasteiger charge is -2.20. The average Bonchev–Trinajstić information content (AvgIpc) is 2.25. The molecule has 0 saturated carbocycles. The molecule has 0 bridgehead atoms. The zero-order valence-corrected chi connectivity index (χ0v) is 12.4. The van der Waals surface area contributed by atoms with Crippen LogP contribution >= 0.6 is 12.2 Å². The van der Waals surface area contributed by atoms with Crippen LogP contribution in [-0.4, -0.2) is 36.6 Å². The number of alkyl halides is 3. The van der Waals surface area contributed by atoms with E-state index in [2.05, 4.69) is 5.32 Å². The minimum absolute atomic E-state index is 0.0842. The molecule has 20 heavy (non-hydrogen) atoms. The molecule has 1 rings (SSSR count). The second-order valence-corrected chi connectivity index (χ2v) is 5.37. The molecule has 0 saturated heterocycles. The van der Waals surface area contributed by atoms with Crippen molar-refractivity contribution in [2.24, 2.45) is 5.73 Å². The van der Waals surface area contributed by atoms with E-state index in [1.165, 1.54) is 12.1 Å². The summed E-state index contributed by atoms with van der Waals surface area (Å²) < 4.78 is 38.5. The number of likely N-dealkylation sites (N-methyl/N-ethyl adjacent to an activating group) is 1. The summed E-state index contributed by atoms with van der Waals surface area (Å²) >= 11 is 4.70. The molecular formula is C13H18F3N3S. The van der Waals surface area contributed by atoms with Crippen molar-refractivity contribution in [1.29, 1.82) is 0 Å². The first kappa shape index (κ1) is 16.7. The zero-order chi connectivity index (χ0) is 15.5. The number of thiocarbonyl (C=S) groups is 1. The Bertz CT molecular complexity index is 486. The highest BCUT2D eigenvalue weighted by Gasteiger charge is 2.34. The van der Waals surface area contributed by atoms with Gasteiger partial charge in [0, 0.05) is 23.8 Å². The second kappa shape index (κ2) is 6.41. The lowest BCUT2D eigenvalue weighted by atomic mass is 10.1. The van der Waals surface area contributed by atoms with E-state index in [1.54, 1.807) is 0 Å². The highest BCUT2D eigenvalue weighted by molar-refractivity contribution is 7.80. The third kappa shape index (κ3) is 4.64. The molecule has 1 aromatic rings. The third-order valence-corrected chi connectivity index (χ3v) is 2.86. The number of hydrogen-bond acceptors (Lipinski definition) is 3. The minimum atomic E-state index is -4.47. The van der Waals surface area contributed by atoms with Gasteiger partial charge in [-0.25, -0.2) is 0 Å². The highest BCUT2D eigenvalue weighted by Crippen LogP contribution is 2.33. The maximum Gasteiger partial charge on any atom is 0.417 e. The standard InChI is InChI=1S/C13H18F3N3S/c1-8(7-19(2)3)18-9-4-5-11(13(14,15)16)10(6-9)12(17)20/h4-6,8,18H,7H2,1-3H3,(H2,17,20). The number of anilines is 1. The Morgan fingerprint density at radius 2 is 2.00 bits per heavy atom. The first-order valence-electron chi connectivity index (χ1n) is 6.03. The number of nitrogens with two attached hydrogens (primary N) is 1. The molecule has 3 N–H and O–H groups in total. The molecule has 1 unspecified atom stereocenters. The van der Waals surface area contributed by atoms with E-state index < -0.39 is 11.7 Å². The summed E-state index contributed by atoms with van der Waals surface area (Å²) in [6.45, 7) is 2.70. The van der Waals surface area contributed by atoms with Gasteiger partial charge >= 0.3 is 6.18 Å². The Balaban J connectivity index is 3.02. The molecule has 0 fully saturated rings. The van der Waals surface area contributed by atoms with Gasteiger partial charge in [0.15, 0.2) is 0 Å². The van der Waals surface area contributed by atoms with Crippen molar-refractivity contribution >= 4 is 22.9 Å². The van der Waals surface area contributed by atoms with Crippen LogP contribution in [0.2, 0.25) is 0 Å². The van der Waals surface area contributed by atoms with Gasteiger partial charge in [0.2, 0.25) is 0 Å². The lowest BCUT2D eigenvalue weighted by molar-refractivity contribution is -0.137. The summed E-state index contributed by atoms with van der Waals surface area (Å²) in [5, 5.41) is 3.12. The maximum absolute atomic E-state index is 12.8. The summed E-state index contributed by atoms with van der Waals surface area (Å²) in [5.41, 5.74) is 4.98. The molecule has 0 spiro atoms. The van der Waals surface area contributed by atoms with Crippen LogP contribution in [-0.2, 0) is 6.18 Å². The van der Waals surface area contributed by atoms with Crippen LogP contribution in [0.25, 0.3) is 0 Å². The van der Waals surface area contributed by atoms with E-state index in [1.807, 2.05) is 25.9 Å². The molecule has 3 nitrogen and oxygen atoms in total. The molecule has 0 aliphatic heterocycles. The lowest BCUT2D eigenvalue weighted by Crippen LogP contribution is -2.29. The molecule has 0 aromatic heterocycles. The summed E-state index contributed by atoms with van der Waals surface area (Å²) in [4.78, 5) is 1.72. The van der Waals surface area contributed by atoms with E-state index in [9.17, 15) is 13.2 Å². The molecule has 112 valence electrons. The number of benzene rings is 1. The van der Waals surface area contributed by atoms with Gasteiger partial charge in [-0.05, 0) is 39.2 Å². The zero-order valence-electron chi connectivity index (χ0n) is 11.6. The first-order valence-corrected chi connectivity index (χ1v) is 6.44. The van der Waals surface area contributed by atoms with Crippen molar-refractivity contribution in [2.75, 3.05) is 26.0 Å². The SMILES string of the molecule is CC(CN(C)C)Nc1ccc(C(F)(F)F)c(C(N)=S)c1. The summed E-state index contributed by atoms with van der Waals surface area (Å²) in [5.74, 6) is 0. The predicted molar refractivity (Wildman–Crippen MR) is 79.0 cm³/mol. The predicted octanol–water partition coefficient (Wildman–Crippen LogP) is 2.70. The maximum atomic E-state index is 12.8. The Morgan fingerprint density at radius 3 is 2.45 bits per heavy atom. The van der Waals surface area contributed by atoms with Gasteiger partial charge < -0.3 is 16.0 Å². The van der Waals surface area contributed by atoms with Crippen molar-refractivity contribution in [3.8, 4) is 0 Å². The third-order valence-electron chi connectivity index (χ3n) is 2.64. The Hall–Kier alpha value is -1.34. The van der Waals surface area contributed by atoms with Crippen LogP contribution in [0.4, 0.5) is 18.9 Å².